The Morgan fingerprint density at radius 1 is 1.29 bits per heavy atom. The minimum Gasteiger partial charge on any atom is -0.491 e. The van der Waals surface area contributed by atoms with Gasteiger partial charge in [0.1, 0.15) is 5.75 Å². The Morgan fingerprint density at radius 2 is 2.17 bits per heavy atom. The van der Waals surface area contributed by atoms with Crippen LogP contribution in [0.2, 0.25) is 0 Å². The second kappa shape index (κ2) is 7.51. The largest absolute Gasteiger partial charge is 0.491 e. The summed E-state index contributed by atoms with van der Waals surface area (Å²) in [6.07, 6.45) is 8.41. The van der Waals surface area contributed by atoms with Crippen LogP contribution in [-0.2, 0) is 4.79 Å². The van der Waals surface area contributed by atoms with Gasteiger partial charge in [-0.25, -0.2) is 0 Å². The Morgan fingerprint density at radius 3 is 2.96 bits per heavy atom. The lowest BCUT2D eigenvalue weighted by Gasteiger charge is -2.17. The van der Waals surface area contributed by atoms with Gasteiger partial charge in [-0.05, 0) is 50.3 Å². The Kier molecular flexibility index (Phi) is 5.18. The molecule has 2 aliphatic rings. The van der Waals surface area contributed by atoms with Crippen LogP contribution in [0.5, 0.6) is 5.75 Å². The lowest BCUT2D eigenvalue weighted by atomic mass is 9.97. The highest BCUT2D eigenvalue weighted by molar-refractivity contribution is 5.99. The van der Waals surface area contributed by atoms with Crippen LogP contribution in [-0.4, -0.2) is 32.0 Å². The molecule has 2 amide bonds. The van der Waals surface area contributed by atoms with Crippen molar-refractivity contribution in [2.45, 2.75) is 38.5 Å². The fourth-order valence-electron chi connectivity index (χ4n) is 3.16. The van der Waals surface area contributed by atoms with Gasteiger partial charge in [0.05, 0.1) is 18.7 Å². The number of carbonyl (C=O) groups excluding carboxylic acids is 2. The number of benzene rings is 1. The highest BCUT2D eigenvalue weighted by Crippen LogP contribution is 2.31. The van der Waals surface area contributed by atoms with Crippen LogP contribution in [0.4, 0.5) is 5.69 Å². The molecule has 0 aromatic heterocycles. The van der Waals surface area contributed by atoms with E-state index in [-0.39, 0.29) is 11.8 Å². The summed E-state index contributed by atoms with van der Waals surface area (Å²) >= 11 is 0. The lowest BCUT2D eigenvalue weighted by Crippen LogP contribution is -2.27. The predicted octanol–water partition coefficient (Wildman–Crippen LogP) is 3.05. The van der Waals surface area contributed by atoms with Crippen LogP contribution in [0.15, 0.2) is 29.8 Å². The number of hydrogen-bond donors (Lipinski definition) is 1. The van der Waals surface area contributed by atoms with Crippen molar-refractivity contribution in [3.05, 3.63) is 35.4 Å². The molecule has 0 unspecified atom stereocenters. The zero-order valence-corrected chi connectivity index (χ0v) is 14.1. The molecule has 0 fully saturated rings. The van der Waals surface area contributed by atoms with Gasteiger partial charge in [-0.3, -0.25) is 9.59 Å². The van der Waals surface area contributed by atoms with E-state index in [4.69, 9.17) is 4.74 Å². The molecule has 128 valence electrons. The van der Waals surface area contributed by atoms with Crippen molar-refractivity contribution in [3.8, 4) is 5.75 Å². The smallest absolute Gasteiger partial charge is 0.251 e. The summed E-state index contributed by atoms with van der Waals surface area (Å²) in [5.41, 5.74) is 2.65. The molecule has 5 heteroatoms. The quantitative estimate of drug-likeness (QED) is 0.864. The number of hydrogen-bond acceptors (Lipinski definition) is 3. The van der Waals surface area contributed by atoms with Gasteiger partial charge in [-0.2, -0.15) is 0 Å². The van der Waals surface area contributed by atoms with Gasteiger partial charge in [0, 0.05) is 19.2 Å². The molecule has 0 bridgehead atoms. The highest BCUT2D eigenvalue weighted by atomic mass is 16.5. The maximum Gasteiger partial charge on any atom is 0.251 e. The van der Waals surface area contributed by atoms with Crippen LogP contribution in [0.3, 0.4) is 0 Å². The summed E-state index contributed by atoms with van der Waals surface area (Å²) in [7, 11) is 1.72. The molecule has 1 N–H and O–H groups in total. The molecule has 3 rings (SSSR count). The standard InChI is InChI=1S/C19H24N2O3/c1-21-16-13-15(7-8-17(16)24-12-10-18(21)22)19(23)20-11-9-14-5-3-2-4-6-14/h5,7-8,13H,2-4,6,9-12H2,1H3,(H,20,23). The summed E-state index contributed by atoms with van der Waals surface area (Å²) in [6.45, 7) is 1.02. The Labute approximate surface area is 142 Å². The molecule has 0 saturated carbocycles. The summed E-state index contributed by atoms with van der Waals surface area (Å²) < 4.78 is 5.58. The van der Waals surface area contributed by atoms with E-state index in [1.54, 1.807) is 30.1 Å². The van der Waals surface area contributed by atoms with Crippen LogP contribution in [0.1, 0.15) is 48.9 Å². The number of nitrogens with zero attached hydrogens (tertiary/aromatic N) is 1. The number of ether oxygens (including phenoxy) is 1. The molecule has 1 aromatic carbocycles. The molecule has 1 aliphatic heterocycles. The topological polar surface area (TPSA) is 58.6 Å². The molecule has 0 saturated heterocycles. The van der Waals surface area contributed by atoms with E-state index in [2.05, 4.69) is 11.4 Å². The molecule has 0 atom stereocenters. The van der Waals surface area contributed by atoms with Gasteiger partial charge in [0.25, 0.3) is 5.91 Å². The monoisotopic (exact) mass is 328 g/mol. The van der Waals surface area contributed by atoms with Gasteiger partial charge in [-0.15, -0.1) is 0 Å². The Hall–Kier alpha value is -2.30. The Balaban J connectivity index is 1.64. The number of anilines is 1. The second-order valence-corrected chi connectivity index (χ2v) is 6.35. The van der Waals surface area contributed by atoms with Gasteiger partial charge in [-0.1, -0.05) is 11.6 Å². The van der Waals surface area contributed by atoms with Crippen molar-refractivity contribution in [2.24, 2.45) is 0 Å². The average molecular weight is 328 g/mol. The summed E-state index contributed by atoms with van der Waals surface area (Å²) in [6, 6.07) is 5.24. The van der Waals surface area contributed by atoms with Gasteiger partial charge >= 0.3 is 0 Å². The zero-order valence-electron chi connectivity index (χ0n) is 14.1. The van der Waals surface area contributed by atoms with Crippen molar-refractivity contribution in [2.75, 3.05) is 25.1 Å². The van der Waals surface area contributed by atoms with E-state index in [1.807, 2.05) is 0 Å². The number of carbonyl (C=O) groups is 2. The van der Waals surface area contributed by atoms with E-state index in [0.29, 0.717) is 36.6 Å². The molecule has 0 radical (unpaired) electrons. The SMILES string of the molecule is CN1C(=O)CCOc2ccc(C(=O)NCCC3=CCCCC3)cc21. The first-order valence-corrected chi connectivity index (χ1v) is 8.64. The van der Waals surface area contributed by atoms with Crippen molar-refractivity contribution in [1.29, 1.82) is 0 Å². The van der Waals surface area contributed by atoms with E-state index in [1.165, 1.54) is 18.4 Å². The maximum absolute atomic E-state index is 12.4. The van der Waals surface area contributed by atoms with E-state index in [9.17, 15) is 9.59 Å². The first-order chi connectivity index (χ1) is 11.6. The lowest BCUT2D eigenvalue weighted by molar-refractivity contribution is -0.118. The van der Waals surface area contributed by atoms with Crippen LogP contribution in [0, 0.1) is 0 Å². The molecular formula is C19H24N2O3. The van der Waals surface area contributed by atoms with E-state index in [0.717, 1.165) is 19.3 Å². The van der Waals surface area contributed by atoms with Crippen molar-refractivity contribution < 1.29 is 14.3 Å². The predicted molar refractivity (Wildman–Crippen MR) is 93.5 cm³/mol. The number of amides is 2. The normalized spacial score (nSPS) is 17.5. The molecular weight excluding hydrogens is 304 g/mol. The molecule has 5 nitrogen and oxygen atoms in total. The van der Waals surface area contributed by atoms with Crippen LogP contribution >= 0.6 is 0 Å². The third-order valence-electron chi connectivity index (χ3n) is 4.65. The third kappa shape index (κ3) is 3.78. The number of rotatable bonds is 4. The minimum absolute atomic E-state index is 0.00413. The zero-order chi connectivity index (χ0) is 16.9. The number of fused-ring (bicyclic) bond motifs is 1. The van der Waals surface area contributed by atoms with Crippen molar-refractivity contribution >= 4 is 17.5 Å². The summed E-state index contributed by atoms with van der Waals surface area (Å²) in [5, 5.41) is 2.97. The molecule has 1 heterocycles. The van der Waals surface area contributed by atoms with Gasteiger partial charge < -0.3 is 15.0 Å². The van der Waals surface area contributed by atoms with E-state index < -0.39 is 0 Å². The van der Waals surface area contributed by atoms with Crippen molar-refractivity contribution in [3.63, 3.8) is 0 Å². The fraction of sp³-hybridized carbons (Fsp3) is 0.474. The van der Waals surface area contributed by atoms with Crippen LogP contribution in [0.25, 0.3) is 0 Å². The van der Waals surface area contributed by atoms with Gasteiger partial charge in [0.15, 0.2) is 0 Å². The first kappa shape index (κ1) is 16.6. The summed E-state index contributed by atoms with van der Waals surface area (Å²) in [4.78, 5) is 25.9. The van der Waals surface area contributed by atoms with E-state index >= 15 is 0 Å². The molecule has 1 aliphatic carbocycles. The number of nitrogens with one attached hydrogen (secondary N) is 1. The maximum atomic E-state index is 12.4. The fourth-order valence-corrected chi connectivity index (χ4v) is 3.16. The molecule has 1 aromatic rings. The second-order valence-electron chi connectivity index (χ2n) is 6.35. The minimum atomic E-state index is -0.112. The number of allylic oxidation sites excluding steroid dienone is 1. The average Bonchev–Trinajstić information content (AvgIpc) is 2.75. The molecule has 0 spiro atoms. The molecule has 24 heavy (non-hydrogen) atoms. The Bertz CT molecular complexity index is 667. The first-order valence-electron chi connectivity index (χ1n) is 8.64. The van der Waals surface area contributed by atoms with Crippen molar-refractivity contribution in [1.82, 2.24) is 5.32 Å². The highest BCUT2D eigenvalue weighted by Gasteiger charge is 2.21. The van der Waals surface area contributed by atoms with Gasteiger partial charge in [0.2, 0.25) is 5.91 Å². The third-order valence-corrected chi connectivity index (χ3v) is 4.65. The summed E-state index contributed by atoms with van der Waals surface area (Å²) in [5.74, 6) is 0.530. The van der Waals surface area contributed by atoms with Crippen LogP contribution < -0.4 is 15.0 Å².